The van der Waals surface area contributed by atoms with Crippen LogP contribution >= 0.6 is 0 Å². The number of aliphatic hydroxyl groups is 1. The lowest BCUT2D eigenvalue weighted by atomic mass is 10.0. The molecule has 0 amide bonds. The van der Waals surface area contributed by atoms with Crippen molar-refractivity contribution >= 4 is 21.8 Å². The lowest BCUT2D eigenvalue weighted by molar-refractivity contribution is 0.169. The first-order chi connectivity index (χ1) is 15.1. The molecule has 0 spiro atoms. The van der Waals surface area contributed by atoms with Gasteiger partial charge in [0.1, 0.15) is 18.2 Å². The minimum atomic E-state index is -0.622. The molecule has 0 saturated carbocycles. The summed E-state index contributed by atoms with van der Waals surface area (Å²) in [5, 5.41) is 25.7. The van der Waals surface area contributed by atoms with Gasteiger partial charge in [0.25, 0.3) is 0 Å². The van der Waals surface area contributed by atoms with E-state index in [1.807, 2.05) is 30.3 Å². The number of halogens is 1. The average molecular weight is 424 g/mol. The molecule has 0 radical (unpaired) electrons. The van der Waals surface area contributed by atoms with Crippen LogP contribution in [-0.4, -0.2) is 48.1 Å². The number of para-hydroxylation sites is 1. The second-order valence-corrected chi connectivity index (χ2v) is 7.37. The molecule has 0 aliphatic heterocycles. The molecule has 0 aliphatic carbocycles. The summed E-state index contributed by atoms with van der Waals surface area (Å²) < 4.78 is 24.1. The van der Waals surface area contributed by atoms with Crippen molar-refractivity contribution in [2.45, 2.75) is 12.5 Å². The van der Waals surface area contributed by atoms with Crippen molar-refractivity contribution in [3.8, 4) is 17.2 Å². The smallest absolute Gasteiger partial charge is 0.164 e. The van der Waals surface area contributed by atoms with Crippen LogP contribution in [0.25, 0.3) is 21.8 Å². The van der Waals surface area contributed by atoms with E-state index >= 15 is 0 Å². The van der Waals surface area contributed by atoms with Crippen molar-refractivity contribution in [1.82, 2.24) is 10.3 Å². The normalized spacial score (nSPS) is 12.4. The molecule has 1 unspecified atom stereocenters. The quantitative estimate of drug-likeness (QED) is 0.308. The third-order valence-electron chi connectivity index (χ3n) is 5.22. The fourth-order valence-corrected chi connectivity index (χ4v) is 3.76. The number of aromatic hydroxyl groups is 1. The summed E-state index contributed by atoms with van der Waals surface area (Å²) in [6.07, 6.45) is -0.197. The monoisotopic (exact) mass is 424 g/mol. The minimum Gasteiger partial charge on any atom is -0.507 e. The first-order valence-corrected chi connectivity index (χ1v) is 10.1. The Morgan fingerprint density at radius 1 is 1.10 bits per heavy atom. The van der Waals surface area contributed by atoms with Gasteiger partial charge in [-0.1, -0.05) is 24.3 Å². The Morgan fingerprint density at radius 2 is 1.94 bits per heavy atom. The Labute approximate surface area is 179 Å². The Kier molecular flexibility index (Phi) is 6.25. The first-order valence-electron chi connectivity index (χ1n) is 10.1. The number of phenols is 1. The second kappa shape index (κ2) is 9.24. The Morgan fingerprint density at radius 3 is 2.77 bits per heavy atom. The van der Waals surface area contributed by atoms with E-state index in [1.165, 1.54) is 25.3 Å². The van der Waals surface area contributed by atoms with Gasteiger partial charge in [0.2, 0.25) is 0 Å². The molecular formula is C24H25FN2O4. The zero-order valence-corrected chi connectivity index (χ0v) is 17.2. The molecule has 4 N–H and O–H groups in total. The maximum Gasteiger partial charge on any atom is 0.164 e. The standard InChI is InChI=1S/C24H25FN2O4/c1-30-21-9-7-16(25)13-22(21)31-11-10-26-14-17(28)12-15-6-8-20(29)23-18-4-2-3-5-19(18)27-24(15)23/h2-9,13,17,26-29H,10-12,14H2,1H3. The van der Waals surface area contributed by atoms with Crippen LogP contribution in [0, 0.1) is 5.82 Å². The van der Waals surface area contributed by atoms with Gasteiger partial charge in [-0.25, -0.2) is 4.39 Å². The second-order valence-electron chi connectivity index (χ2n) is 7.37. The van der Waals surface area contributed by atoms with Crippen molar-refractivity contribution in [1.29, 1.82) is 0 Å². The summed E-state index contributed by atoms with van der Waals surface area (Å²) in [7, 11) is 1.50. The van der Waals surface area contributed by atoms with Crippen LogP contribution in [-0.2, 0) is 6.42 Å². The number of hydrogen-bond donors (Lipinski definition) is 4. The number of ether oxygens (including phenoxy) is 2. The summed E-state index contributed by atoms with van der Waals surface area (Å²) in [5.74, 6) is 0.636. The summed E-state index contributed by atoms with van der Waals surface area (Å²) in [6.45, 7) is 1.15. The first kappa shape index (κ1) is 21.0. The van der Waals surface area contributed by atoms with Gasteiger partial charge in [-0.15, -0.1) is 0 Å². The number of phenolic OH excluding ortho intramolecular Hbond substituents is 1. The highest BCUT2D eigenvalue weighted by molar-refractivity contribution is 6.11. The highest BCUT2D eigenvalue weighted by atomic mass is 19.1. The predicted octanol–water partition coefficient (Wildman–Crippen LogP) is 3.75. The molecule has 3 aromatic carbocycles. The fourth-order valence-electron chi connectivity index (χ4n) is 3.76. The summed E-state index contributed by atoms with van der Waals surface area (Å²) >= 11 is 0. The van der Waals surface area contributed by atoms with E-state index in [0.29, 0.717) is 37.6 Å². The van der Waals surface area contributed by atoms with Crippen molar-refractivity contribution in [2.24, 2.45) is 0 Å². The molecule has 6 nitrogen and oxygen atoms in total. The van der Waals surface area contributed by atoms with Crippen LogP contribution in [0.1, 0.15) is 5.56 Å². The van der Waals surface area contributed by atoms with Gasteiger partial charge in [0, 0.05) is 41.9 Å². The number of methoxy groups -OCH3 is 1. The molecule has 0 aliphatic rings. The molecular weight excluding hydrogens is 399 g/mol. The summed E-state index contributed by atoms with van der Waals surface area (Å²) in [5.41, 5.74) is 2.71. The van der Waals surface area contributed by atoms with E-state index in [-0.39, 0.29) is 5.75 Å². The molecule has 0 saturated heterocycles. The number of H-pyrrole nitrogens is 1. The molecule has 0 bridgehead atoms. The predicted molar refractivity (Wildman–Crippen MR) is 118 cm³/mol. The number of nitrogens with one attached hydrogen (secondary N) is 2. The van der Waals surface area contributed by atoms with E-state index in [9.17, 15) is 14.6 Å². The van der Waals surface area contributed by atoms with E-state index in [1.54, 1.807) is 6.07 Å². The van der Waals surface area contributed by atoms with Crippen LogP contribution < -0.4 is 14.8 Å². The maximum atomic E-state index is 13.4. The van der Waals surface area contributed by atoms with Crippen molar-refractivity contribution in [2.75, 3.05) is 26.8 Å². The highest BCUT2D eigenvalue weighted by Crippen LogP contribution is 2.34. The largest absolute Gasteiger partial charge is 0.507 e. The van der Waals surface area contributed by atoms with E-state index in [0.717, 1.165) is 27.4 Å². The number of aliphatic hydroxyl groups excluding tert-OH is 1. The maximum absolute atomic E-state index is 13.4. The molecule has 4 aromatic rings. The lowest BCUT2D eigenvalue weighted by Gasteiger charge is -2.14. The molecule has 1 atom stereocenters. The van der Waals surface area contributed by atoms with Crippen molar-refractivity contribution in [3.05, 3.63) is 66.0 Å². The Balaban J connectivity index is 1.33. The molecule has 1 heterocycles. The van der Waals surface area contributed by atoms with Crippen molar-refractivity contribution in [3.63, 3.8) is 0 Å². The van der Waals surface area contributed by atoms with Gasteiger partial charge < -0.3 is 30.0 Å². The molecule has 7 heteroatoms. The average Bonchev–Trinajstić information content (AvgIpc) is 3.16. The summed E-state index contributed by atoms with van der Waals surface area (Å²) in [4.78, 5) is 3.35. The number of fused-ring (bicyclic) bond motifs is 3. The zero-order valence-electron chi connectivity index (χ0n) is 17.2. The van der Waals surface area contributed by atoms with E-state index < -0.39 is 11.9 Å². The molecule has 31 heavy (non-hydrogen) atoms. The molecule has 4 rings (SSSR count). The number of aromatic nitrogens is 1. The van der Waals surface area contributed by atoms with E-state index in [4.69, 9.17) is 9.47 Å². The van der Waals surface area contributed by atoms with Crippen LogP contribution in [0.15, 0.2) is 54.6 Å². The minimum absolute atomic E-state index is 0.216. The van der Waals surface area contributed by atoms with Crippen molar-refractivity contribution < 1.29 is 24.1 Å². The number of benzene rings is 3. The van der Waals surface area contributed by atoms with Crippen LogP contribution in [0.4, 0.5) is 4.39 Å². The van der Waals surface area contributed by atoms with Gasteiger partial charge in [0.05, 0.1) is 18.7 Å². The Bertz CT molecular complexity index is 1190. The fraction of sp³-hybridized carbons (Fsp3) is 0.250. The lowest BCUT2D eigenvalue weighted by Crippen LogP contribution is -2.31. The van der Waals surface area contributed by atoms with Gasteiger partial charge in [0.15, 0.2) is 11.5 Å². The number of aromatic amines is 1. The number of hydrogen-bond acceptors (Lipinski definition) is 5. The van der Waals surface area contributed by atoms with E-state index in [2.05, 4.69) is 10.3 Å². The van der Waals surface area contributed by atoms with Gasteiger partial charge in [-0.3, -0.25) is 0 Å². The van der Waals surface area contributed by atoms with Crippen LogP contribution in [0.2, 0.25) is 0 Å². The van der Waals surface area contributed by atoms with Gasteiger partial charge in [-0.05, 0) is 29.8 Å². The summed E-state index contributed by atoms with van der Waals surface area (Å²) in [6, 6.07) is 15.4. The molecule has 1 aromatic heterocycles. The zero-order chi connectivity index (χ0) is 21.8. The van der Waals surface area contributed by atoms with Crippen LogP contribution in [0.3, 0.4) is 0 Å². The topological polar surface area (TPSA) is 86.7 Å². The molecule has 162 valence electrons. The molecule has 0 fully saturated rings. The number of rotatable bonds is 9. The third-order valence-corrected chi connectivity index (χ3v) is 5.22. The highest BCUT2D eigenvalue weighted by Gasteiger charge is 2.14. The van der Waals surface area contributed by atoms with Gasteiger partial charge >= 0.3 is 0 Å². The van der Waals surface area contributed by atoms with Crippen LogP contribution in [0.5, 0.6) is 17.2 Å². The third kappa shape index (κ3) is 4.57. The van der Waals surface area contributed by atoms with Gasteiger partial charge in [-0.2, -0.15) is 0 Å². The SMILES string of the molecule is COc1ccc(F)cc1OCCNCC(O)Cc1ccc(O)c2c1[nH]c1ccccc12. The Hall–Kier alpha value is -3.29.